The molecule has 3 aromatic rings. The Morgan fingerprint density at radius 3 is 2.62 bits per heavy atom. The van der Waals surface area contributed by atoms with E-state index in [0.29, 0.717) is 0 Å². The summed E-state index contributed by atoms with van der Waals surface area (Å²) >= 11 is 0. The molecule has 0 amide bonds. The monoisotopic (exact) mass is 317 g/mol. The van der Waals surface area contributed by atoms with Crippen LogP contribution in [0.2, 0.25) is 0 Å². The van der Waals surface area contributed by atoms with Gasteiger partial charge < -0.3 is 0 Å². The first-order valence-corrected chi connectivity index (χ1v) is 9.06. The molecular weight excluding hydrogens is 292 g/mol. The van der Waals surface area contributed by atoms with Crippen molar-refractivity contribution in [3.63, 3.8) is 0 Å². The molecular formula is C22H25N2+. The molecule has 1 heterocycles. The van der Waals surface area contributed by atoms with Crippen LogP contribution in [-0.2, 0) is 13.5 Å². The lowest BCUT2D eigenvalue weighted by molar-refractivity contribution is -0.662. The van der Waals surface area contributed by atoms with Gasteiger partial charge in [0.1, 0.15) is 5.69 Å². The topological polar surface area (TPSA) is 16.8 Å². The maximum Gasteiger partial charge on any atom is 0.287 e. The van der Waals surface area contributed by atoms with Gasteiger partial charge in [-0.3, -0.25) is 0 Å². The lowest BCUT2D eigenvalue weighted by Gasteiger charge is -2.12. The highest BCUT2D eigenvalue weighted by Crippen LogP contribution is 2.32. The van der Waals surface area contributed by atoms with Crippen LogP contribution < -0.4 is 4.57 Å². The highest BCUT2D eigenvalue weighted by Gasteiger charge is 2.21. The summed E-state index contributed by atoms with van der Waals surface area (Å²) in [5.41, 5.74) is 6.47. The quantitative estimate of drug-likeness (QED) is 0.636. The van der Waals surface area contributed by atoms with E-state index >= 15 is 0 Å². The number of para-hydroxylation sites is 1. The van der Waals surface area contributed by atoms with Crippen molar-refractivity contribution in [3.05, 3.63) is 59.9 Å². The molecule has 0 spiro atoms. The van der Waals surface area contributed by atoms with Crippen molar-refractivity contribution in [3.8, 4) is 11.3 Å². The zero-order chi connectivity index (χ0) is 16.5. The highest BCUT2D eigenvalue weighted by atomic mass is 15.0. The summed E-state index contributed by atoms with van der Waals surface area (Å²) in [6, 6.07) is 15.3. The first-order chi connectivity index (χ1) is 11.7. The standard InChI is InChI=1S/C22H25N2/c1-16-8-3-6-12-19(16)22-20-13-7-11-18(14-17-9-4-5-10-17)21(20)23-15-24(22)2/h3,6-8,11-13,15,17H,4-5,9-10,14H2,1-2H3/q+1. The normalized spacial score (nSPS) is 15.2. The maximum absolute atomic E-state index is 4.80. The Bertz CT molecular complexity index is 876. The number of fused-ring (bicyclic) bond motifs is 1. The first kappa shape index (κ1) is 15.3. The van der Waals surface area contributed by atoms with E-state index in [9.17, 15) is 0 Å². The molecule has 2 heteroatoms. The van der Waals surface area contributed by atoms with Crippen LogP contribution in [0.4, 0.5) is 0 Å². The van der Waals surface area contributed by atoms with Gasteiger partial charge in [0.25, 0.3) is 6.33 Å². The summed E-state index contributed by atoms with van der Waals surface area (Å²) in [4.78, 5) is 4.80. The van der Waals surface area contributed by atoms with Crippen LogP contribution in [0.3, 0.4) is 0 Å². The average molecular weight is 317 g/mol. The van der Waals surface area contributed by atoms with Gasteiger partial charge >= 0.3 is 0 Å². The van der Waals surface area contributed by atoms with Crippen LogP contribution in [0.5, 0.6) is 0 Å². The third kappa shape index (κ3) is 2.71. The van der Waals surface area contributed by atoms with Crippen molar-refractivity contribution in [2.75, 3.05) is 0 Å². The molecule has 0 atom stereocenters. The number of hydrogen-bond acceptors (Lipinski definition) is 1. The van der Waals surface area contributed by atoms with Gasteiger partial charge in [-0.25, -0.2) is 4.57 Å². The largest absolute Gasteiger partial charge is 0.287 e. The third-order valence-corrected chi connectivity index (χ3v) is 5.47. The number of aryl methyl sites for hydroxylation is 2. The Balaban J connectivity index is 1.88. The summed E-state index contributed by atoms with van der Waals surface area (Å²) in [5.74, 6) is 0.841. The first-order valence-electron chi connectivity index (χ1n) is 9.06. The molecule has 4 rings (SSSR count). The molecule has 0 bridgehead atoms. The number of nitrogens with zero attached hydrogens (tertiary/aromatic N) is 2. The maximum atomic E-state index is 4.80. The molecule has 0 unspecified atom stereocenters. The van der Waals surface area contributed by atoms with Crippen LogP contribution >= 0.6 is 0 Å². The van der Waals surface area contributed by atoms with Gasteiger partial charge in [-0.2, -0.15) is 0 Å². The molecule has 0 N–H and O–H groups in total. The minimum atomic E-state index is 0.841. The minimum Gasteiger partial charge on any atom is -0.232 e. The molecule has 1 aromatic heterocycles. The molecule has 2 aromatic carbocycles. The van der Waals surface area contributed by atoms with E-state index in [1.165, 1.54) is 65.4 Å². The van der Waals surface area contributed by atoms with Crippen LogP contribution in [-0.4, -0.2) is 4.98 Å². The van der Waals surface area contributed by atoms with Crippen molar-refractivity contribution in [1.82, 2.24) is 4.98 Å². The Morgan fingerprint density at radius 2 is 1.83 bits per heavy atom. The molecule has 2 nitrogen and oxygen atoms in total. The molecule has 1 aliphatic carbocycles. The van der Waals surface area contributed by atoms with Gasteiger partial charge in [0.05, 0.1) is 12.4 Å². The fourth-order valence-electron chi connectivity index (χ4n) is 4.19. The molecule has 122 valence electrons. The fourth-order valence-corrected chi connectivity index (χ4v) is 4.19. The van der Waals surface area contributed by atoms with E-state index in [1.807, 2.05) is 6.33 Å². The van der Waals surface area contributed by atoms with Gasteiger partial charge in [0.2, 0.25) is 0 Å². The van der Waals surface area contributed by atoms with Crippen LogP contribution in [0.1, 0.15) is 36.8 Å². The Labute approximate surface area is 144 Å². The second-order valence-corrected chi connectivity index (χ2v) is 7.19. The van der Waals surface area contributed by atoms with Crippen molar-refractivity contribution < 1.29 is 4.57 Å². The Hall–Kier alpha value is -2.22. The number of aromatic nitrogens is 2. The van der Waals surface area contributed by atoms with Crippen molar-refractivity contribution in [1.29, 1.82) is 0 Å². The second kappa shape index (κ2) is 6.35. The predicted octanol–water partition coefficient (Wildman–Crippen LogP) is 4.77. The zero-order valence-electron chi connectivity index (χ0n) is 14.6. The van der Waals surface area contributed by atoms with Gasteiger partial charge in [-0.1, -0.05) is 62.1 Å². The Kier molecular flexibility index (Phi) is 4.05. The summed E-state index contributed by atoms with van der Waals surface area (Å²) in [5, 5.41) is 1.27. The minimum absolute atomic E-state index is 0.841. The summed E-state index contributed by atoms with van der Waals surface area (Å²) < 4.78 is 2.16. The SMILES string of the molecule is Cc1ccccc1-c1c2cccc(CC3CCCC3)c2nc[n+]1C. The van der Waals surface area contributed by atoms with Crippen LogP contribution in [0.25, 0.3) is 22.2 Å². The number of rotatable bonds is 3. The van der Waals surface area contributed by atoms with Gasteiger partial charge in [0.15, 0.2) is 5.52 Å². The fraction of sp³-hybridized carbons (Fsp3) is 0.364. The van der Waals surface area contributed by atoms with Crippen molar-refractivity contribution in [2.24, 2.45) is 13.0 Å². The van der Waals surface area contributed by atoms with E-state index < -0.39 is 0 Å². The van der Waals surface area contributed by atoms with Gasteiger partial charge in [-0.05, 0) is 35.9 Å². The third-order valence-electron chi connectivity index (χ3n) is 5.47. The molecule has 0 aliphatic heterocycles. The van der Waals surface area contributed by atoms with E-state index in [0.717, 1.165) is 5.92 Å². The van der Waals surface area contributed by atoms with E-state index in [4.69, 9.17) is 4.98 Å². The van der Waals surface area contributed by atoms with E-state index in [2.05, 4.69) is 61.0 Å². The van der Waals surface area contributed by atoms with E-state index in [1.54, 1.807) is 0 Å². The molecule has 0 saturated heterocycles. The summed E-state index contributed by atoms with van der Waals surface area (Å²) in [6.07, 6.45) is 8.69. The van der Waals surface area contributed by atoms with Crippen LogP contribution in [0.15, 0.2) is 48.8 Å². The van der Waals surface area contributed by atoms with E-state index in [-0.39, 0.29) is 0 Å². The lowest BCUT2D eigenvalue weighted by atomic mass is 9.94. The molecule has 1 aliphatic rings. The van der Waals surface area contributed by atoms with Crippen molar-refractivity contribution >= 4 is 10.9 Å². The lowest BCUT2D eigenvalue weighted by Crippen LogP contribution is -2.32. The molecule has 24 heavy (non-hydrogen) atoms. The predicted molar refractivity (Wildman–Crippen MR) is 98.8 cm³/mol. The number of hydrogen-bond donors (Lipinski definition) is 0. The van der Waals surface area contributed by atoms with Gasteiger partial charge in [0, 0.05) is 11.1 Å². The summed E-state index contributed by atoms with van der Waals surface area (Å²) in [6.45, 7) is 2.18. The Morgan fingerprint density at radius 1 is 1.04 bits per heavy atom. The molecule has 1 saturated carbocycles. The van der Waals surface area contributed by atoms with Crippen molar-refractivity contribution in [2.45, 2.75) is 39.0 Å². The smallest absolute Gasteiger partial charge is 0.232 e. The average Bonchev–Trinajstić information content (AvgIpc) is 3.09. The molecule has 1 fully saturated rings. The second-order valence-electron chi connectivity index (χ2n) is 7.19. The van der Waals surface area contributed by atoms with Gasteiger partial charge in [-0.15, -0.1) is 0 Å². The highest BCUT2D eigenvalue weighted by molar-refractivity contribution is 5.93. The molecule has 0 radical (unpaired) electrons. The summed E-state index contributed by atoms with van der Waals surface area (Å²) in [7, 11) is 2.10. The van der Waals surface area contributed by atoms with Crippen LogP contribution in [0, 0.1) is 12.8 Å². The number of benzene rings is 2. The zero-order valence-corrected chi connectivity index (χ0v) is 14.6.